The number of piperidine rings is 1. The van der Waals surface area contributed by atoms with Crippen LogP contribution >= 0.6 is 0 Å². The maximum Gasteiger partial charge on any atom is 0.334 e. The van der Waals surface area contributed by atoms with Crippen LogP contribution < -0.4 is 0 Å². The zero-order valence-corrected chi connectivity index (χ0v) is 17.7. The molecule has 0 radical (unpaired) electrons. The van der Waals surface area contributed by atoms with Crippen molar-refractivity contribution in [3.8, 4) is 0 Å². The quantitative estimate of drug-likeness (QED) is 0.463. The number of hydrogen-bond acceptors (Lipinski definition) is 4. The summed E-state index contributed by atoms with van der Waals surface area (Å²) in [6.45, 7) is 17.8. The average molecular weight is 346 g/mol. The Bertz CT molecular complexity index is 336. The fourth-order valence-corrected chi connectivity index (χ4v) is 6.22. The second-order valence-electron chi connectivity index (χ2n) is 8.19. The summed E-state index contributed by atoms with van der Waals surface area (Å²) < 4.78 is 18.0. The number of nitrogens with zero attached hydrogens (tertiary/aromatic N) is 1. The monoisotopic (exact) mass is 345 g/mol. The average Bonchev–Trinajstić information content (AvgIpc) is 2.41. The van der Waals surface area contributed by atoms with Gasteiger partial charge < -0.3 is 13.6 Å². The lowest BCUT2D eigenvalue weighted by atomic mass is 9.79. The first kappa shape index (κ1) is 21.1. The van der Waals surface area contributed by atoms with Crippen molar-refractivity contribution in [3.05, 3.63) is 0 Å². The molecule has 0 aromatic carbocycles. The van der Waals surface area contributed by atoms with Gasteiger partial charge in [-0.25, -0.2) is 0 Å². The molecule has 4 nitrogen and oxygen atoms in total. The van der Waals surface area contributed by atoms with Crippen molar-refractivity contribution in [2.24, 2.45) is 0 Å². The highest BCUT2D eigenvalue weighted by atomic mass is 28.4. The molecule has 1 rings (SSSR count). The summed E-state index contributed by atoms with van der Waals surface area (Å²) >= 11 is 0. The normalized spacial score (nSPS) is 22.4. The van der Waals surface area contributed by atoms with Crippen LogP contribution in [0, 0.1) is 0 Å². The van der Waals surface area contributed by atoms with Gasteiger partial charge in [0.1, 0.15) is 0 Å². The minimum atomic E-state index is -1.99. The van der Waals surface area contributed by atoms with Gasteiger partial charge in [0.2, 0.25) is 0 Å². The molecule has 0 bridgehead atoms. The van der Waals surface area contributed by atoms with Gasteiger partial charge in [0.05, 0.1) is 6.10 Å². The maximum absolute atomic E-state index is 6.24. The molecule has 138 valence electrons. The molecule has 0 atom stereocenters. The first-order valence-electron chi connectivity index (χ1n) is 9.20. The van der Waals surface area contributed by atoms with E-state index in [9.17, 15) is 0 Å². The highest BCUT2D eigenvalue weighted by Gasteiger charge is 2.43. The van der Waals surface area contributed by atoms with Crippen molar-refractivity contribution in [2.75, 3.05) is 26.9 Å². The van der Waals surface area contributed by atoms with E-state index in [4.69, 9.17) is 13.6 Å². The van der Waals surface area contributed by atoms with Crippen molar-refractivity contribution in [1.29, 1.82) is 0 Å². The molecular weight excluding hydrogens is 306 g/mol. The summed E-state index contributed by atoms with van der Waals surface area (Å²) in [6, 6.07) is 1.01. The zero-order chi connectivity index (χ0) is 17.7. The Hall–Kier alpha value is 0.0569. The van der Waals surface area contributed by atoms with Crippen LogP contribution in [-0.4, -0.2) is 57.5 Å². The van der Waals surface area contributed by atoms with Gasteiger partial charge in [0.25, 0.3) is 0 Å². The van der Waals surface area contributed by atoms with Crippen molar-refractivity contribution in [2.45, 2.75) is 90.6 Å². The van der Waals surface area contributed by atoms with Crippen LogP contribution in [-0.2, 0) is 13.6 Å². The largest absolute Gasteiger partial charge is 0.395 e. The van der Waals surface area contributed by atoms with Gasteiger partial charge in [0, 0.05) is 30.9 Å². The summed E-state index contributed by atoms with van der Waals surface area (Å²) in [7, 11) is 0.242. The Labute approximate surface area is 145 Å². The molecule has 5 heteroatoms. The van der Waals surface area contributed by atoms with Crippen LogP contribution in [0.4, 0.5) is 0 Å². The Kier molecular flexibility index (Phi) is 7.74. The van der Waals surface area contributed by atoms with Gasteiger partial charge in [-0.1, -0.05) is 0 Å². The van der Waals surface area contributed by atoms with E-state index < -0.39 is 8.56 Å². The van der Waals surface area contributed by atoms with E-state index in [1.54, 1.807) is 0 Å². The number of rotatable bonds is 9. The molecule has 0 aromatic rings. The second kappa shape index (κ2) is 8.43. The minimum absolute atomic E-state index is 0.187. The minimum Gasteiger partial charge on any atom is -0.395 e. The molecule has 0 spiro atoms. The van der Waals surface area contributed by atoms with Gasteiger partial charge in [0.15, 0.2) is 0 Å². The fourth-order valence-electron chi connectivity index (χ4n) is 3.84. The first-order chi connectivity index (χ1) is 10.6. The van der Waals surface area contributed by atoms with Gasteiger partial charge in [-0.15, -0.1) is 0 Å². The van der Waals surface area contributed by atoms with Gasteiger partial charge in [-0.2, -0.15) is 0 Å². The fraction of sp³-hybridized carbons (Fsp3) is 1.00. The molecule has 1 saturated heterocycles. The molecule has 1 heterocycles. The van der Waals surface area contributed by atoms with Crippen molar-refractivity contribution in [3.63, 3.8) is 0 Å². The molecule has 0 amide bonds. The summed E-state index contributed by atoms with van der Waals surface area (Å²) in [5, 5.41) is 0. The summed E-state index contributed by atoms with van der Waals surface area (Å²) in [4.78, 5) is 2.49. The van der Waals surface area contributed by atoms with Crippen molar-refractivity contribution >= 4 is 8.56 Å². The highest BCUT2D eigenvalue weighted by molar-refractivity contribution is 6.66. The molecule has 1 fully saturated rings. The van der Waals surface area contributed by atoms with E-state index >= 15 is 0 Å². The molecule has 1 aliphatic rings. The first-order valence-corrected chi connectivity index (χ1v) is 11.7. The van der Waals surface area contributed by atoms with E-state index in [1.165, 1.54) is 0 Å². The van der Waals surface area contributed by atoms with Gasteiger partial charge >= 0.3 is 8.56 Å². The Morgan fingerprint density at radius 2 is 1.48 bits per heavy atom. The maximum atomic E-state index is 6.24. The lowest BCUT2D eigenvalue weighted by Crippen LogP contribution is -2.60. The lowest BCUT2D eigenvalue weighted by Gasteiger charge is -2.53. The van der Waals surface area contributed by atoms with Gasteiger partial charge in [-0.05, 0) is 80.4 Å². The van der Waals surface area contributed by atoms with Crippen LogP contribution in [0.2, 0.25) is 12.6 Å². The molecule has 0 N–H and O–H groups in total. The standard InChI is InChI=1S/C18H39NO3Si/c1-9-21-23(8,22-10-2)13-11-12-20-16-14-17(3,4)19(7)18(5,6)15-16/h16H,9-15H2,1-8H3. The third-order valence-corrected chi connectivity index (χ3v) is 8.36. The molecular formula is C18H39NO3Si. The Morgan fingerprint density at radius 1 is 1.00 bits per heavy atom. The Morgan fingerprint density at radius 3 is 1.91 bits per heavy atom. The third-order valence-electron chi connectivity index (χ3n) is 5.30. The SMILES string of the molecule is CCO[Si](C)(CCCOC1CC(C)(C)N(C)C(C)(C)C1)OCC. The Balaban J connectivity index is 2.44. The van der Waals surface area contributed by atoms with E-state index in [0.717, 1.165) is 45.1 Å². The summed E-state index contributed by atoms with van der Waals surface area (Å²) in [5.74, 6) is 0. The molecule has 0 unspecified atom stereocenters. The van der Waals surface area contributed by atoms with E-state index in [-0.39, 0.29) is 11.1 Å². The smallest absolute Gasteiger partial charge is 0.334 e. The number of hydrogen-bond donors (Lipinski definition) is 0. The summed E-state index contributed by atoms with van der Waals surface area (Å²) in [6.07, 6.45) is 3.57. The molecule has 1 aliphatic heterocycles. The van der Waals surface area contributed by atoms with Crippen LogP contribution in [0.5, 0.6) is 0 Å². The summed E-state index contributed by atoms with van der Waals surface area (Å²) in [5.41, 5.74) is 0.374. The second-order valence-corrected chi connectivity index (χ2v) is 11.5. The van der Waals surface area contributed by atoms with Crippen LogP contribution in [0.25, 0.3) is 0 Å². The third kappa shape index (κ3) is 6.13. The number of likely N-dealkylation sites (tertiary alicyclic amines) is 1. The van der Waals surface area contributed by atoms with Crippen LogP contribution in [0.1, 0.15) is 60.8 Å². The van der Waals surface area contributed by atoms with E-state index in [2.05, 4.69) is 46.2 Å². The van der Waals surface area contributed by atoms with Gasteiger partial charge in [-0.3, -0.25) is 4.90 Å². The molecule has 0 aliphatic carbocycles. The topological polar surface area (TPSA) is 30.9 Å². The molecule has 0 saturated carbocycles. The molecule has 23 heavy (non-hydrogen) atoms. The van der Waals surface area contributed by atoms with Crippen LogP contribution in [0.15, 0.2) is 0 Å². The van der Waals surface area contributed by atoms with Crippen LogP contribution in [0.3, 0.4) is 0 Å². The molecule has 0 aromatic heterocycles. The zero-order valence-electron chi connectivity index (χ0n) is 16.7. The predicted octanol–water partition coefficient (Wildman–Crippen LogP) is 4.19. The van der Waals surface area contributed by atoms with E-state index in [1.807, 2.05) is 13.8 Å². The highest BCUT2D eigenvalue weighted by Crippen LogP contribution is 2.38. The lowest BCUT2D eigenvalue weighted by molar-refractivity contribution is -0.0913. The predicted molar refractivity (Wildman–Crippen MR) is 99.2 cm³/mol. The van der Waals surface area contributed by atoms with Crippen molar-refractivity contribution in [1.82, 2.24) is 4.90 Å². The van der Waals surface area contributed by atoms with E-state index in [0.29, 0.717) is 6.10 Å². The number of ether oxygens (including phenoxy) is 1. The van der Waals surface area contributed by atoms with Crippen molar-refractivity contribution < 1.29 is 13.6 Å².